The van der Waals surface area contributed by atoms with Crippen molar-refractivity contribution in [1.29, 1.82) is 0 Å². The molecule has 1 saturated heterocycles. The highest BCUT2D eigenvalue weighted by molar-refractivity contribution is 6.33. The minimum absolute atomic E-state index is 0.180. The number of allylic oxidation sites excluding steroid dienone is 2. The number of halogens is 1. The molecule has 0 bridgehead atoms. The van der Waals surface area contributed by atoms with Crippen LogP contribution in [0.4, 0.5) is 5.69 Å². The van der Waals surface area contributed by atoms with Crippen LogP contribution >= 0.6 is 11.6 Å². The Morgan fingerprint density at radius 3 is 2.21 bits per heavy atom. The Kier molecular flexibility index (Phi) is 2.79. The second-order valence-electron chi connectivity index (χ2n) is 4.76. The predicted molar refractivity (Wildman–Crippen MR) is 73.6 cm³/mol. The number of para-hydroxylation sites is 1. The number of carbonyl (C=O) groups is 2. The van der Waals surface area contributed by atoms with Gasteiger partial charge in [-0.2, -0.15) is 0 Å². The summed E-state index contributed by atoms with van der Waals surface area (Å²) in [5, 5.41) is 0.553. The molecule has 1 fully saturated rings. The lowest BCUT2D eigenvalue weighted by molar-refractivity contribution is -0.122. The van der Waals surface area contributed by atoms with Crippen LogP contribution in [0.5, 0.6) is 0 Å². The molecule has 0 N–H and O–H groups in total. The molecule has 2 aliphatic rings. The third-order valence-electron chi connectivity index (χ3n) is 3.54. The van der Waals surface area contributed by atoms with Crippen LogP contribution < -0.4 is 4.90 Å². The monoisotopic (exact) mass is 273 g/mol. The first-order valence-corrected chi connectivity index (χ1v) is 6.46. The predicted octanol–water partition coefficient (Wildman–Crippen LogP) is 2.87. The number of fused-ring (bicyclic) bond motifs is 1. The number of anilines is 1. The van der Waals surface area contributed by atoms with Crippen LogP contribution in [0.15, 0.2) is 53.1 Å². The van der Waals surface area contributed by atoms with E-state index in [9.17, 15) is 9.59 Å². The smallest absolute Gasteiger partial charge is 0.241 e. The van der Waals surface area contributed by atoms with Gasteiger partial charge in [0, 0.05) is 5.03 Å². The highest BCUT2D eigenvalue weighted by Gasteiger charge is 2.47. The lowest BCUT2D eigenvalue weighted by Gasteiger charge is -2.14. The Bertz CT molecular complexity index is 582. The van der Waals surface area contributed by atoms with E-state index < -0.39 is 11.8 Å². The van der Waals surface area contributed by atoms with E-state index in [2.05, 4.69) is 0 Å². The molecule has 3 nitrogen and oxygen atoms in total. The van der Waals surface area contributed by atoms with Crippen molar-refractivity contribution in [2.24, 2.45) is 11.8 Å². The van der Waals surface area contributed by atoms with Crippen molar-refractivity contribution in [3.63, 3.8) is 0 Å². The summed E-state index contributed by atoms with van der Waals surface area (Å²) >= 11 is 6.05. The van der Waals surface area contributed by atoms with Gasteiger partial charge in [-0.3, -0.25) is 9.59 Å². The molecule has 0 saturated carbocycles. The van der Waals surface area contributed by atoms with E-state index in [0.29, 0.717) is 10.7 Å². The lowest BCUT2D eigenvalue weighted by Crippen LogP contribution is -2.30. The average Bonchev–Trinajstić information content (AvgIpc) is 2.64. The first-order valence-electron chi connectivity index (χ1n) is 6.08. The number of rotatable bonds is 1. The number of hydrogen-bond donors (Lipinski definition) is 0. The summed E-state index contributed by atoms with van der Waals surface area (Å²) in [5.41, 5.74) is 1.46. The summed E-state index contributed by atoms with van der Waals surface area (Å²) in [6, 6.07) is 8.98. The molecule has 4 heteroatoms. The zero-order valence-corrected chi connectivity index (χ0v) is 11.1. The Morgan fingerprint density at radius 2 is 1.58 bits per heavy atom. The third kappa shape index (κ3) is 1.81. The lowest BCUT2D eigenvalue weighted by atomic mass is 9.88. The van der Waals surface area contributed by atoms with Gasteiger partial charge in [-0.25, -0.2) is 4.90 Å². The van der Waals surface area contributed by atoms with E-state index in [1.807, 2.05) is 25.1 Å². The maximum atomic E-state index is 12.4. The average molecular weight is 274 g/mol. The summed E-state index contributed by atoms with van der Waals surface area (Å²) in [5.74, 6) is -1.27. The Morgan fingerprint density at radius 1 is 1.00 bits per heavy atom. The minimum Gasteiger partial charge on any atom is -0.273 e. The normalized spacial score (nSPS) is 26.1. The fraction of sp³-hybridized carbons (Fsp3) is 0.200. The highest BCUT2D eigenvalue weighted by Crippen LogP contribution is 2.38. The van der Waals surface area contributed by atoms with Crippen LogP contribution in [-0.4, -0.2) is 11.8 Å². The van der Waals surface area contributed by atoms with E-state index in [0.717, 1.165) is 5.57 Å². The maximum absolute atomic E-state index is 12.4. The quantitative estimate of drug-likeness (QED) is 0.738. The zero-order valence-electron chi connectivity index (χ0n) is 10.3. The van der Waals surface area contributed by atoms with Gasteiger partial charge in [0.2, 0.25) is 11.8 Å². The maximum Gasteiger partial charge on any atom is 0.241 e. The molecule has 19 heavy (non-hydrogen) atoms. The van der Waals surface area contributed by atoms with Crippen molar-refractivity contribution >= 4 is 29.1 Å². The number of hydrogen-bond acceptors (Lipinski definition) is 2. The van der Waals surface area contributed by atoms with Crippen LogP contribution in [0.1, 0.15) is 6.92 Å². The minimum atomic E-state index is -0.469. The summed E-state index contributed by atoms with van der Waals surface area (Å²) in [4.78, 5) is 26.0. The van der Waals surface area contributed by atoms with Gasteiger partial charge in [0.05, 0.1) is 17.5 Å². The largest absolute Gasteiger partial charge is 0.273 e. The van der Waals surface area contributed by atoms with Gasteiger partial charge < -0.3 is 0 Å². The van der Waals surface area contributed by atoms with Crippen LogP contribution in [-0.2, 0) is 9.59 Å². The Hall–Kier alpha value is -1.87. The number of imide groups is 1. The molecular formula is C15H12ClNO2. The van der Waals surface area contributed by atoms with Crippen molar-refractivity contribution in [2.45, 2.75) is 6.92 Å². The standard InChI is InChI=1S/C15H12ClNO2/c1-9-7-11-12(8-13(9)16)15(19)17(14(11)18)10-5-3-2-4-6-10/h2-8,11-12H,1H3. The van der Waals surface area contributed by atoms with Crippen molar-refractivity contribution in [3.05, 3.63) is 53.1 Å². The van der Waals surface area contributed by atoms with Gasteiger partial charge in [-0.1, -0.05) is 42.0 Å². The second-order valence-corrected chi connectivity index (χ2v) is 5.17. The van der Waals surface area contributed by atoms with Gasteiger partial charge in [0.1, 0.15) is 0 Å². The van der Waals surface area contributed by atoms with Gasteiger partial charge in [0.15, 0.2) is 0 Å². The molecular weight excluding hydrogens is 262 g/mol. The first kappa shape index (κ1) is 12.2. The van der Waals surface area contributed by atoms with E-state index in [1.54, 1.807) is 24.3 Å². The van der Waals surface area contributed by atoms with Gasteiger partial charge in [-0.05, 0) is 24.6 Å². The number of benzene rings is 1. The molecule has 96 valence electrons. The number of amides is 2. The summed E-state index contributed by atoms with van der Waals surface area (Å²) in [6.45, 7) is 1.85. The SMILES string of the molecule is CC1=CC2C(=O)N(c3ccccc3)C(=O)C2C=C1Cl. The van der Waals surface area contributed by atoms with Gasteiger partial charge >= 0.3 is 0 Å². The molecule has 1 aliphatic heterocycles. The van der Waals surface area contributed by atoms with Crippen molar-refractivity contribution < 1.29 is 9.59 Å². The van der Waals surface area contributed by atoms with E-state index in [4.69, 9.17) is 11.6 Å². The van der Waals surface area contributed by atoms with Crippen LogP contribution in [0, 0.1) is 11.8 Å². The molecule has 1 aromatic rings. The summed E-state index contributed by atoms with van der Waals surface area (Å²) < 4.78 is 0. The molecule has 2 atom stereocenters. The second kappa shape index (κ2) is 4.35. The topological polar surface area (TPSA) is 37.4 Å². The summed E-state index contributed by atoms with van der Waals surface area (Å²) in [6.07, 6.45) is 3.47. The molecule has 3 rings (SSSR count). The fourth-order valence-corrected chi connectivity index (χ4v) is 2.73. The Balaban J connectivity index is 2.04. The molecule has 2 amide bonds. The molecule has 0 spiro atoms. The third-order valence-corrected chi connectivity index (χ3v) is 3.97. The first-order chi connectivity index (χ1) is 9.09. The highest BCUT2D eigenvalue weighted by atomic mass is 35.5. The molecule has 1 heterocycles. The molecule has 0 aromatic heterocycles. The Labute approximate surface area is 116 Å². The van der Waals surface area contributed by atoms with Crippen molar-refractivity contribution in [3.8, 4) is 0 Å². The van der Waals surface area contributed by atoms with E-state index in [-0.39, 0.29) is 11.8 Å². The van der Waals surface area contributed by atoms with Gasteiger partial charge in [0.25, 0.3) is 0 Å². The number of nitrogens with zero attached hydrogens (tertiary/aromatic N) is 1. The van der Waals surface area contributed by atoms with Crippen molar-refractivity contribution in [2.75, 3.05) is 4.90 Å². The molecule has 2 unspecified atom stereocenters. The number of carbonyl (C=O) groups excluding carboxylic acids is 2. The van der Waals surface area contributed by atoms with E-state index >= 15 is 0 Å². The zero-order chi connectivity index (χ0) is 13.6. The molecule has 1 aromatic carbocycles. The fourth-order valence-electron chi connectivity index (χ4n) is 2.53. The van der Waals surface area contributed by atoms with E-state index in [1.165, 1.54) is 4.90 Å². The van der Waals surface area contributed by atoms with Crippen LogP contribution in [0.2, 0.25) is 0 Å². The molecule has 1 aliphatic carbocycles. The van der Waals surface area contributed by atoms with Crippen LogP contribution in [0.3, 0.4) is 0 Å². The van der Waals surface area contributed by atoms with Crippen LogP contribution in [0.25, 0.3) is 0 Å². The van der Waals surface area contributed by atoms with Gasteiger partial charge in [-0.15, -0.1) is 0 Å². The summed E-state index contributed by atoms with van der Waals surface area (Å²) in [7, 11) is 0. The van der Waals surface area contributed by atoms with Crippen molar-refractivity contribution in [1.82, 2.24) is 0 Å². The molecule has 0 radical (unpaired) electrons.